The fraction of sp³-hybridized carbons (Fsp3) is 0.571. The number of hydrogen-bond acceptors (Lipinski definition) is 1. The van der Waals surface area contributed by atoms with Crippen LogP contribution in [0.15, 0.2) is 22.7 Å². The Labute approximate surface area is 117 Å². The van der Waals surface area contributed by atoms with Crippen LogP contribution < -0.4 is 5.32 Å². The van der Waals surface area contributed by atoms with Crippen LogP contribution in [-0.2, 0) is 0 Å². The number of nitrogens with one attached hydrogen (secondary N) is 1. The first-order valence-corrected chi connectivity index (χ1v) is 7.50. The van der Waals surface area contributed by atoms with E-state index in [2.05, 4.69) is 33.4 Å². The highest BCUT2D eigenvalue weighted by molar-refractivity contribution is 9.10. The van der Waals surface area contributed by atoms with Gasteiger partial charge in [0.05, 0.1) is 5.02 Å². The van der Waals surface area contributed by atoms with E-state index in [9.17, 15) is 0 Å². The lowest BCUT2D eigenvalue weighted by Gasteiger charge is -2.22. The first-order chi connectivity index (χ1) is 8.22. The number of benzene rings is 1. The van der Waals surface area contributed by atoms with Gasteiger partial charge in [-0.1, -0.05) is 49.4 Å². The van der Waals surface area contributed by atoms with Crippen LogP contribution in [0.4, 0.5) is 0 Å². The van der Waals surface area contributed by atoms with E-state index in [-0.39, 0.29) is 0 Å². The topological polar surface area (TPSA) is 12.0 Å². The molecule has 1 unspecified atom stereocenters. The molecule has 1 aromatic rings. The predicted octanol–water partition coefficient (Wildman–Crippen LogP) is 4.94. The van der Waals surface area contributed by atoms with Crippen LogP contribution in [0.2, 0.25) is 5.02 Å². The van der Waals surface area contributed by atoms with Crippen molar-refractivity contribution >= 4 is 27.5 Å². The van der Waals surface area contributed by atoms with Gasteiger partial charge in [-0.3, -0.25) is 0 Å². The van der Waals surface area contributed by atoms with Crippen molar-refractivity contribution in [3.63, 3.8) is 0 Å². The third-order valence-corrected chi connectivity index (χ3v) is 5.06. The second-order valence-electron chi connectivity index (χ2n) is 4.87. The van der Waals surface area contributed by atoms with Gasteiger partial charge in [-0.15, -0.1) is 0 Å². The van der Waals surface area contributed by atoms with Crippen LogP contribution in [0.25, 0.3) is 0 Å². The normalized spacial score (nSPS) is 18.5. The molecular weight excluding hydrogens is 298 g/mol. The molecule has 1 N–H and O–H groups in total. The van der Waals surface area contributed by atoms with Crippen molar-refractivity contribution < 1.29 is 0 Å². The molecule has 0 radical (unpaired) electrons. The monoisotopic (exact) mass is 315 g/mol. The summed E-state index contributed by atoms with van der Waals surface area (Å²) in [5.41, 5.74) is 1.22. The molecule has 3 heteroatoms. The Morgan fingerprint density at radius 1 is 1.41 bits per heavy atom. The van der Waals surface area contributed by atoms with Gasteiger partial charge in [-0.25, -0.2) is 0 Å². The third-order valence-electron chi connectivity index (χ3n) is 3.75. The average molecular weight is 317 g/mol. The summed E-state index contributed by atoms with van der Waals surface area (Å²) in [6.45, 7) is 0. The smallest absolute Gasteiger partial charge is 0.0595 e. The maximum atomic E-state index is 6.37. The fourth-order valence-electron chi connectivity index (χ4n) is 2.77. The summed E-state index contributed by atoms with van der Waals surface area (Å²) in [5, 5.41) is 4.26. The molecule has 1 saturated carbocycles. The van der Waals surface area contributed by atoms with E-state index in [1.807, 2.05) is 13.1 Å². The highest BCUT2D eigenvalue weighted by atomic mass is 79.9. The molecule has 0 bridgehead atoms. The van der Waals surface area contributed by atoms with Crippen molar-refractivity contribution in [2.45, 2.75) is 38.1 Å². The Bertz CT molecular complexity index is 374. The molecule has 0 aliphatic heterocycles. The van der Waals surface area contributed by atoms with E-state index in [0.29, 0.717) is 6.04 Å². The SMILES string of the molecule is CNC(CC1CCCC1)c1cccc(Br)c1Cl. The molecule has 1 atom stereocenters. The summed E-state index contributed by atoms with van der Waals surface area (Å²) in [6, 6.07) is 6.56. The molecule has 94 valence electrons. The molecule has 2 rings (SSSR count). The van der Waals surface area contributed by atoms with Gasteiger partial charge >= 0.3 is 0 Å². The minimum atomic E-state index is 0.378. The largest absolute Gasteiger partial charge is 0.313 e. The molecule has 0 saturated heterocycles. The van der Waals surface area contributed by atoms with Crippen LogP contribution >= 0.6 is 27.5 Å². The zero-order valence-corrected chi connectivity index (χ0v) is 12.5. The number of rotatable bonds is 4. The molecule has 1 fully saturated rings. The van der Waals surface area contributed by atoms with E-state index < -0.39 is 0 Å². The van der Waals surface area contributed by atoms with Gasteiger partial charge in [0.15, 0.2) is 0 Å². The van der Waals surface area contributed by atoms with Crippen molar-refractivity contribution in [2.75, 3.05) is 7.05 Å². The van der Waals surface area contributed by atoms with Crippen LogP contribution in [0.1, 0.15) is 43.7 Å². The van der Waals surface area contributed by atoms with Crippen LogP contribution in [-0.4, -0.2) is 7.05 Å². The molecule has 0 heterocycles. The second-order valence-corrected chi connectivity index (χ2v) is 6.10. The van der Waals surface area contributed by atoms with E-state index >= 15 is 0 Å². The van der Waals surface area contributed by atoms with Gasteiger partial charge in [-0.05, 0) is 46.9 Å². The molecule has 1 aromatic carbocycles. The Balaban J connectivity index is 2.13. The van der Waals surface area contributed by atoms with Crippen LogP contribution in [0.5, 0.6) is 0 Å². The van der Waals surface area contributed by atoms with Gasteiger partial charge < -0.3 is 5.32 Å². The predicted molar refractivity (Wildman–Crippen MR) is 77.5 cm³/mol. The second kappa shape index (κ2) is 6.21. The van der Waals surface area contributed by atoms with E-state index in [1.54, 1.807) is 0 Å². The van der Waals surface area contributed by atoms with E-state index in [4.69, 9.17) is 11.6 Å². The number of hydrogen-bond donors (Lipinski definition) is 1. The van der Waals surface area contributed by atoms with Gasteiger partial charge in [-0.2, -0.15) is 0 Å². The third kappa shape index (κ3) is 3.24. The summed E-state index contributed by atoms with van der Waals surface area (Å²) in [7, 11) is 2.02. The van der Waals surface area contributed by atoms with Gasteiger partial charge in [0, 0.05) is 10.5 Å². The molecule has 1 aliphatic rings. The van der Waals surface area contributed by atoms with Crippen LogP contribution in [0.3, 0.4) is 0 Å². The average Bonchev–Trinajstić information content (AvgIpc) is 2.83. The Morgan fingerprint density at radius 2 is 2.12 bits per heavy atom. The molecular formula is C14H19BrClN. The lowest BCUT2D eigenvalue weighted by atomic mass is 9.94. The zero-order chi connectivity index (χ0) is 12.3. The van der Waals surface area contributed by atoms with Crippen molar-refractivity contribution in [1.29, 1.82) is 0 Å². The van der Waals surface area contributed by atoms with Gasteiger partial charge in [0.2, 0.25) is 0 Å². The first-order valence-electron chi connectivity index (χ1n) is 6.33. The minimum Gasteiger partial charge on any atom is -0.313 e. The fourth-order valence-corrected chi connectivity index (χ4v) is 3.41. The zero-order valence-electron chi connectivity index (χ0n) is 10.2. The van der Waals surface area contributed by atoms with Gasteiger partial charge in [0.25, 0.3) is 0 Å². The highest BCUT2D eigenvalue weighted by Gasteiger charge is 2.22. The molecule has 1 nitrogen and oxygen atoms in total. The van der Waals surface area contributed by atoms with Crippen molar-refractivity contribution in [3.8, 4) is 0 Å². The van der Waals surface area contributed by atoms with Crippen molar-refractivity contribution in [1.82, 2.24) is 5.32 Å². The lowest BCUT2D eigenvalue weighted by molar-refractivity contribution is 0.413. The standard InChI is InChI=1S/C14H19BrClN/c1-17-13(9-10-5-2-3-6-10)11-7-4-8-12(15)14(11)16/h4,7-8,10,13,17H,2-3,5-6,9H2,1H3. The van der Waals surface area contributed by atoms with E-state index in [0.717, 1.165) is 15.4 Å². The molecule has 17 heavy (non-hydrogen) atoms. The maximum absolute atomic E-state index is 6.37. The van der Waals surface area contributed by atoms with Crippen molar-refractivity contribution in [3.05, 3.63) is 33.3 Å². The lowest BCUT2D eigenvalue weighted by Crippen LogP contribution is -2.19. The summed E-state index contributed by atoms with van der Waals surface area (Å²) in [4.78, 5) is 0. The summed E-state index contributed by atoms with van der Waals surface area (Å²) < 4.78 is 0.989. The van der Waals surface area contributed by atoms with Crippen LogP contribution in [0, 0.1) is 5.92 Å². The molecule has 0 amide bonds. The Kier molecular flexibility index (Phi) is 4.89. The Hall–Kier alpha value is -0.0500. The van der Waals surface area contributed by atoms with E-state index in [1.165, 1.54) is 37.7 Å². The highest BCUT2D eigenvalue weighted by Crippen LogP contribution is 2.36. The first kappa shape index (κ1) is 13.4. The summed E-state index contributed by atoms with van der Waals surface area (Å²) in [5.74, 6) is 0.863. The quantitative estimate of drug-likeness (QED) is 0.829. The number of halogens is 2. The molecule has 0 spiro atoms. The Morgan fingerprint density at radius 3 is 2.76 bits per heavy atom. The van der Waals surface area contributed by atoms with Crippen molar-refractivity contribution in [2.24, 2.45) is 5.92 Å². The maximum Gasteiger partial charge on any atom is 0.0595 e. The molecule has 1 aliphatic carbocycles. The minimum absolute atomic E-state index is 0.378. The van der Waals surface area contributed by atoms with Gasteiger partial charge in [0.1, 0.15) is 0 Å². The summed E-state index contributed by atoms with van der Waals surface area (Å²) >= 11 is 9.86. The summed E-state index contributed by atoms with van der Waals surface area (Å²) in [6.07, 6.45) is 6.75. The molecule has 0 aromatic heterocycles.